The maximum atomic E-state index is 12.6. The smallest absolute Gasteiger partial charge is 0.234 e. The molecule has 0 atom stereocenters. The molecule has 0 saturated heterocycles. The average Bonchev–Trinajstić information content (AvgIpc) is 3.19. The Hall–Kier alpha value is -2.68. The lowest BCUT2D eigenvalue weighted by molar-refractivity contribution is -0.113. The molecule has 0 fully saturated rings. The predicted molar refractivity (Wildman–Crippen MR) is 128 cm³/mol. The van der Waals surface area contributed by atoms with Gasteiger partial charge in [0.25, 0.3) is 0 Å². The van der Waals surface area contributed by atoms with Crippen LogP contribution in [0.25, 0.3) is 17.1 Å². The van der Waals surface area contributed by atoms with Gasteiger partial charge in [-0.2, -0.15) is 0 Å². The molecule has 0 bridgehead atoms. The number of carbonyl (C=O) groups excluding carboxylic acids is 1. The van der Waals surface area contributed by atoms with Crippen LogP contribution in [0.15, 0.2) is 76.6 Å². The molecule has 31 heavy (non-hydrogen) atoms. The number of aryl methyl sites for hydroxylation is 1. The van der Waals surface area contributed by atoms with Crippen LogP contribution >= 0.6 is 39.3 Å². The zero-order valence-electron chi connectivity index (χ0n) is 16.4. The Balaban J connectivity index is 1.58. The quantitative estimate of drug-likeness (QED) is 0.330. The van der Waals surface area contributed by atoms with Crippen LogP contribution in [0.4, 0.5) is 5.69 Å². The zero-order valence-corrected chi connectivity index (χ0v) is 19.6. The van der Waals surface area contributed by atoms with E-state index in [4.69, 9.17) is 11.6 Å². The first-order valence-corrected chi connectivity index (χ1v) is 11.5. The number of carbonyl (C=O) groups is 1. The molecule has 0 aliphatic carbocycles. The van der Waals surface area contributed by atoms with Crippen molar-refractivity contribution in [3.63, 3.8) is 0 Å². The van der Waals surface area contributed by atoms with Crippen LogP contribution in [0.1, 0.15) is 5.56 Å². The Morgan fingerprint density at radius 2 is 1.84 bits per heavy atom. The van der Waals surface area contributed by atoms with Gasteiger partial charge in [0.05, 0.1) is 5.75 Å². The number of rotatable bonds is 6. The highest BCUT2D eigenvalue weighted by Gasteiger charge is 2.17. The molecule has 4 rings (SSSR count). The Labute approximate surface area is 197 Å². The lowest BCUT2D eigenvalue weighted by Crippen LogP contribution is -2.15. The minimum absolute atomic E-state index is 0.119. The first-order chi connectivity index (χ1) is 15.0. The fourth-order valence-electron chi connectivity index (χ4n) is 2.96. The number of anilines is 1. The minimum atomic E-state index is -0.119. The second kappa shape index (κ2) is 9.64. The number of aromatic nitrogens is 4. The van der Waals surface area contributed by atoms with Crippen LogP contribution in [0.5, 0.6) is 0 Å². The van der Waals surface area contributed by atoms with Crippen molar-refractivity contribution < 1.29 is 4.79 Å². The van der Waals surface area contributed by atoms with Gasteiger partial charge >= 0.3 is 0 Å². The third-order valence-electron chi connectivity index (χ3n) is 4.45. The van der Waals surface area contributed by atoms with E-state index in [-0.39, 0.29) is 11.7 Å². The summed E-state index contributed by atoms with van der Waals surface area (Å²) in [7, 11) is 0. The van der Waals surface area contributed by atoms with Crippen molar-refractivity contribution in [3.05, 3.63) is 82.0 Å². The van der Waals surface area contributed by atoms with Crippen LogP contribution in [-0.2, 0) is 4.79 Å². The average molecular weight is 515 g/mol. The van der Waals surface area contributed by atoms with Crippen LogP contribution < -0.4 is 5.32 Å². The molecule has 2 aromatic heterocycles. The highest BCUT2D eigenvalue weighted by molar-refractivity contribution is 9.10. The third-order valence-corrected chi connectivity index (χ3v) is 6.13. The van der Waals surface area contributed by atoms with E-state index in [1.807, 2.05) is 66.1 Å². The van der Waals surface area contributed by atoms with E-state index in [1.54, 1.807) is 12.4 Å². The number of hydrogen-bond donors (Lipinski definition) is 1. The van der Waals surface area contributed by atoms with Gasteiger partial charge in [0.15, 0.2) is 11.0 Å². The number of halogens is 2. The highest BCUT2D eigenvalue weighted by atomic mass is 79.9. The molecule has 4 aromatic rings. The highest BCUT2D eigenvalue weighted by Crippen LogP contribution is 2.28. The molecule has 0 aliphatic heterocycles. The molecule has 0 unspecified atom stereocenters. The summed E-state index contributed by atoms with van der Waals surface area (Å²) >= 11 is 10.8. The van der Waals surface area contributed by atoms with Crippen molar-refractivity contribution in [2.75, 3.05) is 11.1 Å². The van der Waals surface area contributed by atoms with Crippen molar-refractivity contribution in [2.24, 2.45) is 0 Å². The van der Waals surface area contributed by atoms with E-state index in [9.17, 15) is 4.79 Å². The molecule has 0 saturated carbocycles. The minimum Gasteiger partial charge on any atom is -0.325 e. The Morgan fingerprint density at radius 1 is 1.10 bits per heavy atom. The molecular weight excluding hydrogens is 498 g/mol. The van der Waals surface area contributed by atoms with Crippen molar-refractivity contribution in [3.8, 4) is 17.1 Å². The fourth-order valence-corrected chi connectivity index (χ4v) is 4.31. The number of nitrogens with one attached hydrogen (secondary N) is 1. The first kappa shape index (κ1) is 21.5. The van der Waals surface area contributed by atoms with Crippen LogP contribution in [0.3, 0.4) is 0 Å². The summed E-state index contributed by atoms with van der Waals surface area (Å²) < 4.78 is 2.88. The van der Waals surface area contributed by atoms with Crippen LogP contribution in [0, 0.1) is 6.92 Å². The molecule has 6 nitrogen and oxygen atoms in total. The number of hydrogen-bond acceptors (Lipinski definition) is 5. The van der Waals surface area contributed by atoms with Gasteiger partial charge in [0, 0.05) is 38.8 Å². The number of pyridine rings is 1. The van der Waals surface area contributed by atoms with Crippen LogP contribution in [0.2, 0.25) is 5.02 Å². The van der Waals surface area contributed by atoms with E-state index >= 15 is 0 Å². The van der Waals surface area contributed by atoms with Gasteiger partial charge < -0.3 is 5.32 Å². The molecule has 1 amide bonds. The van der Waals surface area contributed by atoms with E-state index in [0.29, 0.717) is 16.0 Å². The monoisotopic (exact) mass is 513 g/mol. The number of nitrogens with zero attached hydrogens (tertiary/aromatic N) is 4. The van der Waals surface area contributed by atoms with Gasteiger partial charge in [0.2, 0.25) is 5.91 Å². The fraction of sp³-hybridized carbons (Fsp3) is 0.0909. The van der Waals surface area contributed by atoms with Gasteiger partial charge in [-0.3, -0.25) is 14.3 Å². The standard InChI is InChI=1S/C22H17BrClN5OS/c1-14-12-16(23)2-7-19(14)26-20(30)13-31-22-28-27-21(15-8-10-25-11-9-15)29(22)18-5-3-17(24)4-6-18/h2-12H,13H2,1H3,(H,26,30). The molecule has 0 spiro atoms. The first-order valence-electron chi connectivity index (χ1n) is 9.32. The van der Waals surface area contributed by atoms with Crippen molar-refractivity contribution in [1.29, 1.82) is 0 Å². The normalized spacial score (nSPS) is 10.8. The molecule has 156 valence electrons. The van der Waals surface area contributed by atoms with Crippen molar-refractivity contribution >= 4 is 50.9 Å². The molecule has 1 N–H and O–H groups in total. The summed E-state index contributed by atoms with van der Waals surface area (Å²) in [6, 6.07) is 16.9. The summed E-state index contributed by atoms with van der Waals surface area (Å²) in [6.45, 7) is 1.95. The second-order valence-corrected chi connectivity index (χ2v) is 8.94. The predicted octanol–water partition coefficient (Wildman–Crippen LogP) is 5.78. The number of amides is 1. The molecule has 9 heteroatoms. The summed E-state index contributed by atoms with van der Waals surface area (Å²) in [4.78, 5) is 16.6. The molecular formula is C22H17BrClN5OS. The third kappa shape index (κ3) is 5.15. The maximum absolute atomic E-state index is 12.6. The van der Waals surface area contributed by atoms with E-state index < -0.39 is 0 Å². The zero-order chi connectivity index (χ0) is 21.8. The maximum Gasteiger partial charge on any atom is 0.234 e. The molecule has 2 aromatic carbocycles. The van der Waals surface area contributed by atoms with E-state index in [0.717, 1.165) is 27.0 Å². The van der Waals surface area contributed by atoms with Crippen molar-refractivity contribution in [2.45, 2.75) is 12.1 Å². The van der Waals surface area contributed by atoms with Crippen LogP contribution in [-0.4, -0.2) is 31.4 Å². The van der Waals surface area contributed by atoms with Gasteiger partial charge in [-0.05, 0) is 67.1 Å². The van der Waals surface area contributed by atoms with E-state index in [1.165, 1.54) is 11.8 Å². The largest absolute Gasteiger partial charge is 0.325 e. The Kier molecular flexibility index (Phi) is 6.70. The van der Waals surface area contributed by atoms with Gasteiger partial charge in [-0.15, -0.1) is 10.2 Å². The molecule has 0 aliphatic rings. The van der Waals surface area contributed by atoms with Gasteiger partial charge in [-0.1, -0.05) is 39.3 Å². The topological polar surface area (TPSA) is 72.7 Å². The van der Waals surface area contributed by atoms with Gasteiger partial charge in [-0.25, -0.2) is 0 Å². The summed E-state index contributed by atoms with van der Waals surface area (Å²) in [5.41, 5.74) is 3.49. The van der Waals surface area contributed by atoms with Gasteiger partial charge in [0.1, 0.15) is 0 Å². The number of benzene rings is 2. The molecule has 0 radical (unpaired) electrons. The summed E-state index contributed by atoms with van der Waals surface area (Å²) in [5, 5.41) is 12.9. The van der Waals surface area contributed by atoms with Crippen molar-refractivity contribution in [1.82, 2.24) is 19.7 Å². The van der Waals surface area contributed by atoms with E-state index in [2.05, 4.69) is 36.4 Å². The SMILES string of the molecule is Cc1cc(Br)ccc1NC(=O)CSc1nnc(-c2ccncc2)n1-c1ccc(Cl)cc1. The second-order valence-electron chi connectivity index (χ2n) is 6.65. The number of thioether (sulfide) groups is 1. The Morgan fingerprint density at radius 3 is 2.55 bits per heavy atom. The lowest BCUT2D eigenvalue weighted by Gasteiger charge is -2.11. The summed E-state index contributed by atoms with van der Waals surface area (Å²) in [6.07, 6.45) is 3.41. The lowest BCUT2D eigenvalue weighted by atomic mass is 10.2. The summed E-state index contributed by atoms with van der Waals surface area (Å²) in [5.74, 6) is 0.736. The molecule has 2 heterocycles. The Bertz CT molecular complexity index is 1210.